The molecule has 5 aromatic carbocycles. The number of hydrogen-bond acceptors (Lipinski definition) is 9. The summed E-state index contributed by atoms with van der Waals surface area (Å²) in [6, 6.07) is 27.5. The summed E-state index contributed by atoms with van der Waals surface area (Å²) >= 11 is 12.8. The van der Waals surface area contributed by atoms with Gasteiger partial charge in [0, 0.05) is 28.5 Å². The van der Waals surface area contributed by atoms with Crippen LogP contribution >= 0.6 is 23.2 Å². The van der Waals surface area contributed by atoms with E-state index in [1.807, 2.05) is 18.2 Å². The van der Waals surface area contributed by atoms with Crippen LogP contribution in [0.3, 0.4) is 0 Å². The number of ether oxygens (including phenoxy) is 1. The molecule has 6 atom stereocenters. The van der Waals surface area contributed by atoms with Gasteiger partial charge in [-0.3, -0.25) is 39.6 Å². The number of nitrogens with zero attached hydrogens (tertiary/aromatic N) is 3. The molecule has 2 N–H and O–H groups in total. The quantitative estimate of drug-likeness (QED) is 0.0721. The minimum Gasteiger partial charge on any atom is -0.507 e. The van der Waals surface area contributed by atoms with Gasteiger partial charge in [-0.2, -0.15) is 5.01 Å². The van der Waals surface area contributed by atoms with E-state index in [4.69, 9.17) is 27.9 Å². The van der Waals surface area contributed by atoms with Crippen LogP contribution in [-0.4, -0.2) is 45.8 Å². The molecule has 0 bridgehead atoms. The van der Waals surface area contributed by atoms with Gasteiger partial charge in [-0.25, -0.2) is 0 Å². The standard InChI is InChI=1S/C43H32Cl2N4O8/c1-57-26-13-6-22(7-14-26)43-33(40(52)48(42(43)54)46-35-18-8-23(44)20-34(35)45)21-32-30(38(43)29-17-19-36(50)28-5-3-2-4-27(28)29)15-16-31-37(32)41(53)47(39(31)51)24-9-11-25(12-10-24)49(55)56/h2-15,17-20,31-33,37-38,46,50H,16,21H2,1H3. The van der Waals surface area contributed by atoms with Crippen LogP contribution in [-0.2, 0) is 24.6 Å². The van der Waals surface area contributed by atoms with E-state index in [0.29, 0.717) is 32.7 Å². The smallest absolute Gasteiger partial charge is 0.269 e. The van der Waals surface area contributed by atoms with Gasteiger partial charge in [0.1, 0.15) is 11.5 Å². The van der Waals surface area contributed by atoms with Crippen LogP contribution in [0.2, 0.25) is 10.0 Å². The number of nitro groups is 1. The van der Waals surface area contributed by atoms with Crippen LogP contribution in [0, 0.1) is 33.8 Å². The lowest BCUT2D eigenvalue weighted by Crippen LogP contribution is -2.53. The fourth-order valence-corrected chi connectivity index (χ4v) is 10.2. The number of fused-ring (bicyclic) bond motifs is 5. The average molecular weight is 804 g/mol. The predicted octanol–water partition coefficient (Wildman–Crippen LogP) is 7.96. The number of halogens is 2. The number of rotatable bonds is 7. The number of phenols is 1. The van der Waals surface area contributed by atoms with Crippen molar-refractivity contribution in [2.75, 3.05) is 17.4 Å². The molecule has 1 saturated carbocycles. The highest BCUT2D eigenvalue weighted by Gasteiger charge is 2.70. The minimum absolute atomic E-state index is 0.0271. The number of hydrogen-bond donors (Lipinski definition) is 2. The molecule has 14 heteroatoms. The Morgan fingerprint density at radius 3 is 2.26 bits per heavy atom. The van der Waals surface area contributed by atoms with Crippen LogP contribution in [0.1, 0.15) is 29.9 Å². The van der Waals surface area contributed by atoms with Crippen molar-refractivity contribution in [3.8, 4) is 11.5 Å². The summed E-state index contributed by atoms with van der Waals surface area (Å²) in [7, 11) is 1.53. The van der Waals surface area contributed by atoms with E-state index >= 15 is 9.59 Å². The third-order valence-electron chi connectivity index (χ3n) is 12.1. The van der Waals surface area contributed by atoms with Gasteiger partial charge in [0.05, 0.1) is 51.6 Å². The summed E-state index contributed by atoms with van der Waals surface area (Å²) < 4.78 is 5.49. The number of nitrogens with one attached hydrogen (secondary N) is 1. The summed E-state index contributed by atoms with van der Waals surface area (Å²) in [5.41, 5.74) is 3.58. The number of hydrazine groups is 1. The van der Waals surface area contributed by atoms with E-state index in [1.165, 1.54) is 37.4 Å². The second kappa shape index (κ2) is 13.5. The zero-order chi connectivity index (χ0) is 39.9. The molecule has 3 fully saturated rings. The SMILES string of the molecule is COc1ccc(C23C(=O)N(Nc4ccc(Cl)cc4Cl)C(=O)C2CC2C(=CCC4C(=O)N(c5ccc([N+](=O)[O-])cc5)C(=O)C42)C3c2ccc(O)c3ccccc23)cc1. The molecular weight excluding hydrogens is 771 g/mol. The maximum Gasteiger partial charge on any atom is 0.269 e. The Labute approximate surface area is 335 Å². The van der Waals surface area contributed by atoms with Crippen molar-refractivity contribution >= 4 is 74.7 Å². The largest absolute Gasteiger partial charge is 0.507 e. The van der Waals surface area contributed by atoms with Crippen molar-refractivity contribution in [2.45, 2.75) is 24.2 Å². The number of benzene rings is 5. The molecule has 2 aliphatic carbocycles. The van der Waals surface area contributed by atoms with Crippen LogP contribution in [0.15, 0.2) is 115 Å². The molecule has 9 rings (SSSR count). The number of aromatic hydroxyl groups is 1. The van der Waals surface area contributed by atoms with Gasteiger partial charge in [-0.15, -0.1) is 0 Å². The third-order valence-corrected chi connectivity index (χ3v) is 12.7. The number of allylic oxidation sites excluding steroid dienone is 2. The highest BCUT2D eigenvalue weighted by molar-refractivity contribution is 6.36. The number of anilines is 2. The number of nitro benzene ring substituents is 1. The molecule has 2 aliphatic heterocycles. The van der Waals surface area contributed by atoms with Crippen molar-refractivity contribution in [1.29, 1.82) is 0 Å². The number of amides is 4. The van der Waals surface area contributed by atoms with E-state index in [0.717, 1.165) is 15.5 Å². The Morgan fingerprint density at radius 2 is 1.58 bits per heavy atom. The molecule has 286 valence electrons. The molecule has 4 aliphatic rings. The number of phenolic OH excluding ortho intramolecular Hbond substituents is 1. The van der Waals surface area contributed by atoms with E-state index in [2.05, 4.69) is 5.43 Å². The highest BCUT2D eigenvalue weighted by atomic mass is 35.5. The molecule has 57 heavy (non-hydrogen) atoms. The summed E-state index contributed by atoms with van der Waals surface area (Å²) in [6.45, 7) is 0. The minimum atomic E-state index is -1.60. The average Bonchev–Trinajstić information content (AvgIpc) is 3.60. The van der Waals surface area contributed by atoms with Gasteiger partial charge in [0.15, 0.2) is 0 Å². The van der Waals surface area contributed by atoms with Gasteiger partial charge in [-0.1, -0.05) is 77.3 Å². The van der Waals surface area contributed by atoms with Crippen LogP contribution in [0.5, 0.6) is 11.5 Å². The second-order valence-corrected chi connectivity index (χ2v) is 15.6. The van der Waals surface area contributed by atoms with Crippen LogP contribution < -0.4 is 15.1 Å². The number of methoxy groups -OCH3 is 1. The molecule has 12 nitrogen and oxygen atoms in total. The topological polar surface area (TPSA) is 159 Å². The van der Waals surface area contributed by atoms with Gasteiger partial charge in [-0.05, 0) is 83.8 Å². The Morgan fingerprint density at radius 1 is 0.860 bits per heavy atom. The molecule has 0 aromatic heterocycles. The number of imide groups is 2. The molecule has 4 amide bonds. The lowest BCUT2D eigenvalue weighted by molar-refractivity contribution is -0.384. The van der Waals surface area contributed by atoms with Crippen molar-refractivity contribution in [1.82, 2.24) is 5.01 Å². The molecule has 0 spiro atoms. The van der Waals surface area contributed by atoms with Gasteiger partial charge < -0.3 is 9.84 Å². The summed E-state index contributed by atoms with van der Waals surface area (Å²) in [6.07, 6.45) is 2.15. The monoisotopic (exact) mass is 802 g/mol. The first-order valence-corrected chi connectivity index (χ1v) is 19.0. The van der Waals surface area contributed by atoms with E-state index in [1.54, 1.807) is 60.7 Å². The molecule has 6 unspecified atom stereocenters. The predicted molar refractivity (Wildman–Crippen MR) is 212 cm³/mol. The number of non-ortho nitro benzene ring substituents is 1. The molecule has 2 heterocycles. The summed E-state index contributed by atoms with van der Waals surface area (Å²) in [5, 5.41) is 25.2. The van der Waals surface area contributed by atoms with Gasteiger partial charge in [0.2, 0.25) is 11.8 Å². The van der Waals surface area contributed by atoms with Crippen molar-refractivity contribution in [2.24, 2.45) is 23.7 Å². The van der Waals surface area contributed by atoms with E-state index < -0.39 is 63.6 Å². The maximum absolute atomic E-state index is 15.6. The maximum atomic E-state index is 15.6. The van der Waals surface area contributed by atoms with Crippen molar-refractivity contribution in [3.05, 3.63) is 146 Å². The normalized spacial score (nSPS) is 25.2. The molecule has 0 radical (unpaired) electrons. The van der Waals surface area contributed by atoms with E-state index in [-0.39, 0.29) is 40.7 Å². The fraction of sp³-hybridized carbons (Fsp3) is 0.209. The third kappa shape index (κ3) is 5.34. The Bertz CT molecular complexity index is 2600. The Balaban J connectivity index is 1.26. The lowest BCUT2D eigenvalue weighted by atomic mass is 9.49. The van der Waals surface area contributed by atoms with Gasteiger partial charge in [0.25, 0.3) is 17.5 Å². The first-order valence-electron chi connectivity index (χ1n) is 18.2. The first-order chi connectivity index (χ1) is 27.4. The molecule has 2 saturated heterocycles. The Kier molecular flexibility index (Phi) is 8.59. The van der Waals surface area contributed by atoms with Crippen molar-refractivity contribution < 1.29 is 33.9 Å². The number of carbonyl (C=O) groups is 4. The summed E-state index contributed by atoms with van der Waals surface area (Å²) in [5.74, 6) is -5.76. The number of carbonyl (C=O) groups excluding carboxylic acids is 4. The zero-order valence-corrected chi connectivity index (χ0v) is 31.6. The fourth-order valence-electron chi connectivity index (χ4n) is 9.72. The van der Waals surface area contributed by atoms with Crippen molar-refractivity contribution in [3.63, 3.8) is 0 Å². The molecular formula is C43H32Cl2N4O8. The lowest BCUT2D eigenvalue weighted by Gasteiger charge is -2.51. The van der Waals surface area contributed by atoms with Crippen LogP contribution in [0.4, 0.5) is 17.1 Å². The Hall–Kier alpha value is -6.24. The first kappa shape index (κ1) is 36.4. The second-order valence-electron chi connectivity index (χ2n) is 14.7. The summed E-state index contributed by atoms with van der Waals surface area (Å²) in [4.78, 5) is 71.4. The zero-order valence-electron chi connectivity index (χ0n) is 30.1. The highest BCUT2D eigenvalue weighted by Crippen LogP contribution is 2.65. The van der Waals surface area contributed by atoms with E-state index in [9.17, 15) is 24.8 Å². The molecule has 5 aromatic rings. The van der Waals surface area contributed by atoms with Gasteiger partial charge >= 0.3 is 0 Å². The van der Waals surface area contributed by atoms with Crippen LogP contribution in [0.25, 0.3) is 10.8 Å².